The number of aryl methyl sites for hydroxylation is 1. The van der Waals surface area contributed by atoms with Gasteiger partial charge in [0.25, 0.3) is 20.1 Å². The van der Waals surface area contributed by atoms with Crippen LogP contribution in [0.3, 0.4) is 0 Å². The Morgan fingerprint density at radius 2 is 0.636 bits per heavy atom. The molecule has 9 heteroatoms. The van der Waals surface area contributed by atoms with E-state index in [1.165, 1.54) is 199 Å². The second-order valence-corrected chi connectivity index (χ2v) is 32.2. The van der Waals surface area contributed by atoms with E-state index in [2.05, 4.69) is 145 Å². The summed E-state index contributed by atoms with van der Waals surface area (Å²) in [5, 5.41) is 0. The van der Waals surface area contributed by atoms with Crippen molar-refractivity contribution < 1.29 is 23.7 Å². The molecular weight excluding hydrogens is 1080 g/mol. The molecule has 0 unspecified atom stereocenters. The van der Waals surface area contributed by atoms with Crippen LogP contribution in [0.2, 0.25) is 0 Å². The molecular formula is C79H70B3NO5. The molecule has 12 fully saturated rings. The van der Waals surface area contributed by atoms with Gasteiger partial charge in [0, 0.05) is 40.1 Å². The quantitative estimate of drug-likeness (QED) is 0.164. The molecule has 430 valence electrons. The minimum atomic E-state index is -0.158. The van der Waals surface area contributed by atoms with E-state index >= 15 is 0 Å². The lowest BCUT2D eigenvalue weighted by atomic mass is 9.30. The van der Waals surface area contributed by atoms with Crippen LogP contribution in [-0.2, 0) is 16.2 Å². The van der Waals surface area contributed by atoms with E-state index in [0.29, 0.717) is 0 Å². The van der Waals surface area contributed by atoms with Gasteiger partial charge in [0.05, 0.1) is 0 Å². The van der Waals surface area contributed by atoms with Crippen LogP contribution in [0.5, 0.6) is 57.5 Å². The summed E-state index contributed by atoms with van der Waals surface area (Å²) in [5.41, 5.74) is 20.6. The van der Waals surface area contributed by atoms with Crippen LogP contribution in [-0.4, -0.2) is 20.1 Å². The van der Waals surface area contributed by atoms with Crippen molar-refractivity contribution in [3.8, 4) is 57.5 Å². The number of para-hydroxylation sites is 3. The SMILES string of the molecule is Cc1ccccc1N1c2cc3c(cc2B2c4cc5c(cc4Oc4cc(C67CC8CC(CC(C8)C6)C7)cc1c42)Oc1cc(C24CC6CC(CC(C6)C2)C4)cc2c1B5c1ccccc1O2)B1c2ccccc2Oc2cc(C45CC6CC(CC(C6)C4)C5)cc(c21)O3. The highest BCUT2D eigenvalue weighted by Crippen LogP contribution is 2.65. The third-order valence-electron chi connectivity index (χ3n) is 27.1. The number of anilines is 3. The van der Waals surface area contributed by atoms with Crippen molar-refractivity contribution in [1.82, 2.24) is 0 Å². The van der Waals surface area contributed by atoms with Crippen LogP contribution < -0.4 is 77.7 Å². The zero-order chi connectivity index (χ0) is 56.8. The van der Waals surface area contributed by atoms with Crippen molar-refractivity contribution in [3.63, 3.8) is 0 Å². The zero-order valence-electron chi connectivity index (χ0n) is 50.3. The van der Waals surface area contributed by atoms with E-state index in [0.717, 1.165) is 116 Å². The van der Waals surface area contributed by atoms with Gasteiger partial charge in [-0.1, -0.05) is 66.7 Å². The zero-order valence-corrected chi connectivity index (χ0v) is 50.3. The van der Waals surface area contributed by atoms with E-state index in [4.69, 9.17) is 23.7 Å². The van der Waals surface area contributed by atoms with Gasteiger partial charge in [-0.05, 0) is 307 Å². The summed E-state index contributed by atoms with van der Waals surface area (Å²) in [7, 11) is 0. The van der Waals surface area contributed by atoms with E-state index in [9.17, 15) is 0 Å². The topological polar surface area (TPSA) is 49.4 Å². The Morgan fingerprint density at radius 1 is 0.295 bits per heavy atom. The lowest BCUT2D eigenvalue weighted by molar-refractivity contribution is -0.00542. The smallest absolute Gasteiger partial charge is 0.260 e. The van der Waals surface area contributed by atoms with E-state index in [-0.39, 0.29) is 36.4 Å². The predicted molar refractivity (Wildman–Crippen MR) is 352 cm³/mol. The predicted octanol–water partition coefficient (Wildman–Crippen LogP) is 13.3. The molecule has 12 aliphatic carbocycles. The highest BCUT2D eigenvalue weighted by atomic mass is 16.5. The second kappa shape index (κ2) is 16.6. The van der Waals surface area contributed by atoms with Crippen molar-refractivity contribution in [3.05, 3.63) is 156 Å². The largest absolute Gasteiger partial charge is 0.458 e. The molecule has 0 spiro atoms. The van der Waals surface area contributed by atoms with Crippen LogP contribution in [0.4, 0.5) is 17.1 Å². The molecule has 0 atom stereocenters. The van der Waals surface area contributed by atoms with Crippen LogP contribution >= 0.6 is 0 Å². The maximum absolute atomic E-state index is 7.77. The number of fused-ring (bicyclic) bond motifs is 12. The summed E-state index contributed by atoms with van der Waals surface area (Å²) in [6.07, 6.45) is 24.3. The molecule has 12 saturated carbocycles. The fraction of sp³-hybridized carbons (Fsp3) is 0.392. The molecule has 0 amide bonds. The fourth-order valence-electron chi connectivity index (χ4n) is 25.0. The van der Waals surface area contributed by atoms with Gasteiger partial charge in [-0.15, -0.1) is 0 Å². The molecule has 0 aromatic heterocycles. The van der Waals surface area contributed by atoms with Gasteiger partial charge < -0.3 is 28.6 Å². The monoisotopic (exact) mass is 1150 g/mol. The number of hydrogen-bond donors (Lipinski definition) is 0. The van der Waals surface area contributed by atoms with Crippen LogP contribution in [0, 0.1) is 60.2 Å². The molecule has 8 aromatic carbocycles. The van der Waals surface area contributed by atoms with Gasteiger partial charge in [-0.25, -0.2) is 0 Å². The van der Waals surface area contributed by atoms with Gasteiger partial charge in [0.1, 0.15) is 57.5 Å². The van der Waals surface area contributed by atoms with Gasteiger partial charge >= 0.3 is 0 Å². The van der Waals surface area contributed by atoms with Gasteiger partial charge in [0.15, 0.2) is 0 Å². The molecule has 6 heterocycles. The number of nitrogens with zero attached hydrogens (tertiary/aromatic N) is 1. The first-order valence-electron chi connectivity index (χ1n) is 34.5. The van der Waals surface area contributed by atoms with Crippen molar-refractivity contribution in [2.45, 2.75) is 139 Å². The maximum Gasteiger partial charge on any atom is 0.260 e. The van der Waals surface area contributed by atoms with Crippen LogP contribution in [0.15, 0.2) is 133 Å². The summed E-state index contributed by atoms with van der Waals surface area (Å²) in [5.74, 6) is 16.9. The number of ether oxygens (including phenoxy) is 5. The van der Waals surface area contributed by atoms with Gasteiger partial charge in [-0.2, -0.15) is 0 Å². The summed E-state index contributed by atoms with van der Waals surface area (Å²) >= 11 is 0. The lowest BCUT2D eigenvalue weighted by Gasteiger charge is -2.57. The Bertz CT molecular complexity index is 4420. The van der Waals surface area contributed by atoms with Crippen molar-refractivity contribution in [2.75, 3.05) is 4.90 Å². The highest BCUT2D eigenvalue weighted by molar-refractivity contribution is 7.03. The molecule has 0 radical (unpaired) electrons. The Kier molecular flexibility index (Phi) is 9.16. The van der Waals surface area contributed by atoms with E-state index in [1.807, 2.05) is 0 Å². The average molecular weight is 1150 g/mol. The van der Waals surface area contributed by atoms with Gasteiger partial charge in [-0.3, -0.25) is 0 Å². The minimum absolute atomic E-state index is 0.0748. The summed E-state index contributed by atoms with van der Waals surface area (Å²) < 4.78 is 37.3. The first-order chi connectivity index (χ1) is 43.2. The third-order valence-corrected chi connectivity index (χ3v) is 27.1. The number of hydrogen-bond acceptors (Lipinski definition) is 6. The third kappa shape index (κ3) is 6.40. The van der Waals surface area contributed by atoms with Crippen molar-refractivity contribution in [2.24, 2.45) is 53.3 Å². The summed E-state index contributed by atoms with van der Waals surface area (Å²) in [6.45, 7) is 1.99. The Morgan fingerprint density at radius 3 is 1.07 bits per heavy atom. The van der Waals surface area contributed by atoms with Crippen LogP contribution in [0.25, 0.3) is 0 Å². The molecule has 12 bridgehead atoms. The van der Waals surface area contributed by atoms with E-state index < -0.39 is 0 Å². The molecule has 6 aliphatic heterocycles. The Balaban J connectivity index is 0.753. The molecule has 0 N–H and O–H groups in total. The highest BCUT2D eigenvalue weighted by Gasteiger charge is 2.57. The molecule has 8 aromatic rings. The second-order valence-electron chi connectivity index (χ2n) is 32.2. The van der Waals surface area contributed by atoms with Crippen molar-refractivity contribution >= 4 is 86.4 Å². The summed E-state index contributed by atoms with van der Waals surface area (Å²) in [6, 6.07) is 51.9. The van der Waals surface area contributed by atoms with Gasteiger partial charge in [0.2, 0.25) is 0 Å². The normalized spacial score (nSPS) is 32.4. The molecule has 18 aliphatic rings. The molecule has 88 heavy (non-hydrogen) atoms. The Labute approximate surface area is 517 Å². The number of rotatable bonds is 4. The maximum atomic E-state index is 7.77. The fourth-order valence-corrected chi connectivity index (χ4v) is 25.0. The molecule has 6 nitrogen and oxygen atoms in total. The average Bonchev–Trinajstić information content (AvgIpc) is 0.726. The minimum Gasteiger partial charge on any atom is -0.458 e. The standard InChI is InChI=1S/C79H70B3NO5/c1-42-8-2-5-11-61(42)83-62-31-66-58(80-55-9-3-6-12-64(55)84-70-25-53(27-72(86-66)75(70)80)78-36-46-17-47(37-78)19-48(18-46)38-78)29-57(62)82-60-30-59-67(32-68(60)87-69-24-52(23-63(83)74(69)82)77-33-43-14-44(34-77)16-45(15-43)35-77)88-73-28-54(79-39-49-20-50(40-79)22-51(21-49)41-79)26-71-76(73)81(59)56-10-4-7-13-65(56)85-71/h2-13,23-32,43-51H,14-22,33-41H2,1H3. The first kappa shape index (κ1) is 48.6. The number of benzene rings is 8. The lowest BCUT2D eigenvalue weighted by Crippen LogP contribution is -2.64. The Hall–Kier alpha value is -7.25. The molecule has 0 saturated heterocycles. The molecule has 26 rings (SSSR count). The van der Waals surface area contributed by atoms with Crippen molar-refractivity contribution in [1.29, 1.82) is 0 Å². The first-order valence-corrected chi connectivity index (χ1v) is 34.5. The van der Waals surface area contributed by atoms with Crippen LogP contribution in [0.1, 0.15) is 138 Å². The van der Waals surface area contributed by atoms with E-state index in [1.54, 1.807) is 0 Å². The summed E-state index contributed by atoms with van der Waals surface area (Å²) in [4.78, 5) is 2.65.